The highest BCUT2D eigenvalue weighted by Gasteiger charge is 2.33. The number of aliphatic imine (C=N–C) groups is 2. The van der Waals surface area contributed by atoms with Crippen LogP contribution < -0.4 is 31.1 Å². The number of nitrogens with zero attached hydrogens (tertiary/aromatic N) is 3. The highest BCUT2D eigenvalue weighted by Crippen LogP contribution is 2.38. The molecule has 136 valence electrons. The maximum absolute atomic E-state index is 12.7. The van der Waals surface area contributed by atoms with Crippen LogP contribution in [-0.2, 0) is 0 Å². The van der Waals surface area contributed by atoms with E-state index in [4.69, 9.17) is 25.7 Å². The molecule has 0 atom stereocenters. The van der Waals surface area contributed by atoms with E-state index in [2.05, 4.69) is 15.4 Å². The molecular weight excluding hydrogens is 328 g/mol. The van der Waals surface area contributed by atoms with Crippen LogP contribution in [0.1, 0.15) is 24.2 Å². The van der Waals surface area contributed by atoms with E-state index in [-0.39, 0.29) is 17.5 Å². The van der Waals surface area contributed by atoms with Gasteiger partial charge in [-0.2, -0.15) is 4.99 Å². The zero-order valence-electron chi connectivity index (χ0n) is 14.8. The van der Waals surface area contributed by atoms with E-state index in [0.29, 0.717) is 17.2 Å². The van der Waals surface area contributed by atoms with Crippen molar-refractivity contribution in [3.63, 3.8) is 0 Å². The molecule has 1 aliphatic heterocycles. The normalized spacial score (nSPS) is 15.8. The largest absolute Gasteiger partial charge is 0.493 e. The number of hydrogen-bond donors (Lipinski definition) is 3. The van der Waals surface area contributed by atoms with Crippen molar-refractivity contribution < 1.29 is 19.0 Å². The second-order valence-corrected chi connectivity index (χ2v) is 5.62. The van der Waals surface area contributed by atoms with Crippen molar-refractivity contribution in [2.45, 2.75) is 19.5 Å². The van der Waals surface area contributed by atoms with Gasteiger partial charge in [-0.3, -0.25) is 10.2 Å². The van der Waals surface area contributed by atoms with Gasteiger partial charge in [-0.15, -0.1) is 0 Å². The number of methoxy groups -OCH3 is 3. The van der Waals surface area contributed by atoms with Gasteiger partial charge in [-0.05, 0) is 26.0 Å². The van der Waals surface area contributed by atoms with Crippen LogP contribution >= 0.6 is 0 Å². The molecule has 1 heterocycles. The van der Waals surface area contributed by atoms with Crippen LogP contribution in [0.3, 0.4) is 0 Å². The second kappa shape index (κ2) is 6.75. The molecule has 2 rings (SSSR count). The fraction of sp³-hybridized carbons (Fsp3) is 0.400. The first-order valence-electron chi connectivity index (χ1n) is 7.34. The number of rotatable bonds is 5. The molecule has 10 heteroatoms. The average Bonchev–Trinajstić information content (AvgIpc) is 2.55. The Balaban J connectivity index is 2.34. The average molecular weight is 350 g/mol. The lowest BCUT2D eigenvalue weighted by Crippen LogP contribution is -2.61. The molecule has 10 nitrogen and oxygen atoms in total. The first-order chi connectivity index (χ1) is 11.7. The van der Waals surface area contributed by atoms with Crippen LogP contribution in [-0.4, -0.2) is 49.8 Å². The standard InChI is InChI=1S/C15H22N6O4/c1-15(2)19-13(16)18-14(17)21(15)20-12(22)8-6-9(23-3)11(25-5)10(7-8)24-4/h6-7H,1-5H3,(H,20,22)(H4,16,17,18,19). The van der Waals surface area contributed by atoms with Crippen molar-refractivity contribution in [2.24, 2.45) is 21.5 Å². The molecule has 0 unspecified atom stereocenters. The molecule has 1 aromatic carbocycles. The molecule has 1 amide bonds. The van der Waals surface area contributed by atoms with Crippen LogP contribution in [0.5, 0.6) is 17.2 Å². The van der Waals surface area contributed by atoms with E-state index < -0.39 is 11.6 Å². The third-order valence-corrected chi connectivity index (χ3v) is 3.53. The smallest absolute Gasteiger partial charge is 0.270 e. The number of carbonyl (C=O) groups excluding carboxylic acids is 1. The molecule has 0 radical (unpaired) electrons. The summed E-state index contributed by atoms with van der Waals surface area (Å²) in [7, 11) is 4.42. The molecule has 0 saturated carbocycles. The van der Waals surface area contributed by atoms with Crippen LogP contribution in [0.2, 0.25) is 0 Å². The Morgan fingerprint density at radius 3 is 2.12 bits per heavy atom. The number of hydrazine groups is 1. The summed E-state index contributed by atoms with van der Waals surface area (Å²) in [6, 6.07) is 3.05. The van der Waals surface area contributed by atoms with E-state index in [1.165, 1.54) is 38.5 Å². The minimum absolute atomic E-state index is 0.0262. The van der Waals surface area contributed by atoms with E-state index >= 15 is 0 Å². The Labute approximate surface area is 145 Å². The summed E-state index contributed by atoms with van der Waals surface area (Å²) < 4.78 is 15.7. The molecule has 25 heavy (non-hydrogen) atoms. The molecule has 1 aliphatic rings. The van der Waals surface area contributed by atoms with E-state index in [9.17, 15) is 4.79 Å². The van der Waals surface area contributed by atoms with Gasteiger partial charge in [0.05, 0.1) is 21.3 Å². The number of benzene rings is 1. The number of nitrogens with two attached hydrogens (primary N) is 2. The van der Waals surface area contributed by atoms with E-state index in [0.717, 1.165) is 0 Å². The fourth-order valence-corrected chi connectivity index (χ4v) is 2.38. The Morgan fingerprint density at radius 2 is 1.68 bits per heavy atom. The molecule has 0 saturated heterocycles. The van der Waals surface area contributed by atoms with Gasteiger partial charge in [0.1, 0.15) is 0 Å². The summed E-state index contributed by atoms with van der Waals surface area (Å²) >= 11 is 0. The van der Waals surface area contributed by atoms with Crippen LogP contribution in [0, 0.1) is 0 Å². The third-order valence-electron chi connectivity index (χ3n) is 3.53. The van der Waals surface area contributed by atoms with Crippen LogP contribution in [0.15, 0.2) is 22.1 Å². The second-order valence-electron chi connectivity index (χ2n) is 5.62. The molecule has 0 fully saturated rings. The van der Waals surface area contributed by atoms with Gasteiger partial charge in [0.25, 0.3) is 5.91 Å². The summed E-state index contributed by atoms with van der Waals surface area (Å²) in [5.74, 6) is 0.709. The zero-order valence-corrected chi connectivity index (χ0v) is 14.8. The maximum Gasteiger partial charge on any atom is 0.270 e. The van der Waals surface area contributed by atoms with Crippen molar-refractivity contribution in [3.05, 3.63) is 17.7 Å². The lowest BCUT2D eigenvalue weighted by molar-refractivity contribution is 0.0751. The van der Waals surface area contributed by atoms with Gasteiger partial charge in [-0.1, -0.05) is 0 Å². The predicted molar refractivity (Wildman–Crippen MR) is 92.7 cm³/mol. The van der Waals surface area contributed by atoms with Gasteiger partial charge < -0.3 is 25.7 Å². The number of guanidine groups is 2. The van der Waals surface area contributed by atoms with Gasteiger partial charge in [0.2, 0.25) is 17.7 Å². The number of amides is 1. The fourth-order valence-electron chi connectivity index (χ4n) is 2.38. The Hall–Kier alpha value is -3.17. The Bertz CT molecular complexity index is 719. The number of carbonyl (C=O) groups is 1. The van der Waals surface area contributed by atoms with Crippen molar-refractivity contribution >= 4 is 17.8 Å². The van der Waals surface area contributed by atoms with E-state index in [1.807, 2.05) is 0 Å². The molecule has 0 aromatic heterocycles. The minimum Gasteiger partial charge on any atom is -0.493 e. The van der Waals surface area contributed by atoms with Gasteiger partial charge in [0, 0.05) is 5.56 Å². The van der Waals surface area contributed by atoms with Crippen molar-refractivity contribution in [1.82, 2.24) is 10.4 Å². The summed E-state index contributed by atoms with van der Waals surface area (Å²) in [6.45, 7) is 3.47. The molecule has 1 aromatic rings. The molecule has 0 aliphatic carbocycles. The van der Waals surface area contributed by atoms with Crippen LogP contribution in [0.25, 0.3) is 0 Å². The number of nitrogens with one attached hydrogen (secondary N) is 1. The lowest BCUT2D eigenvalue weighted by Gasteiger charge is -2.37. The quantitative estimate of drug-likeness (QED) is 0.682. The zero-order chi connectivity index (χ0) is 18.8. The molecule has 5 N–H and O–H groups in total. The van der Waals surface area contributed by atoms with Crippen molar-refractivity contribution in [3.8, 4) is 17.2 Å². The monoisotopic (exact) mass is 350 g/mol. The summed E-state index contributed by atoms with van der Waals surface area (Å²) in [5, 5.41) is 1.33. The third kappa shape index (κ3) is 3.52. The molecular formula is C15H22N6O4. The maximum atomic E-state index is 12.7. The highest BCUT2D eigenvalue weighted by molar-refractivity contribution is 6.00. The first-order valence-corrected chi connectivity index (χ1v) is 7.34. The highest BCUT2D eigenvalue weighted by atomic mass is 16.5. The van der Waals surface area contributed by atoms with E-state index in [1.54, 1.807) is 13.8 Å². The number of ether oxygens (including phenoxy) is 3. The molecule has 0 bridgehead atoms. The minimum atomic E-state index is -0.897. The Morgan fingerprint density at radius 1 is 1.12 bits per heavy atom. The predicted octanol–water partition coefficient (Wildman–Crippen LogP) is 0.0383. The van der Waals surface area contributed by atoms with Gasteiger partial charge >= 0.3 is 0 Å². The lowest BCUT2D eigenvalue weighted by atomic mass is 10.1. The Kier molecular flexibility index (Phi) is 4.91. The summed E-state index contributed by atoms with van der Waals surface area (Å²) in [5.41, 5.74) is 13.5. The van der Waals surface area contributed by atoms with Gasteiger partial charge in [-0.25, -0.2) is 10.0 Å². The van der Waals surface area contributed by atoms with Crippen molar-refractivity contribution in [1.29, 1.82) is 0 Å². The number of hydrogen-bond acceptors (Lipinski definition) is 9. The van der Waals surface area contributed by atoms with Gasteiger partial charge in [0.15, 0.2) is 17.2 Å². The van der Waals surface area contributed by atoms with Crippen molar-refractivity contribution in [2.75, 3.05) is 21.3 Å². The topological polar surface area (TPSA) is 137 Å². The first kappa shape index (κ1) is 18.2. The van der Waals surface area contributed by atoms with Crippen LogP contribution in [0.4, 0.5) is 0 Å². The summed E-state index contributed by atoms with van der Waals surface area (Å²) in [4.78, 5) is 20.7. The molecule has 0 spiro atoms. The summed E-state index contributed by atoms with van der Waals surface area (Å²) in [6.07, 6.45) is 0. The SMILES string of the molecule is COc1cc(C(=O)NN2C(N)=NC(N)=NC2(C)C)cc(OC)c1OC.